The highest BCUT2D eigenvalue weighted by molar-refractivity contribution is 7.90. The van der Waals surface area contributed by atoms with Crippen LogP contribution in [0.15, 0.2) is 53.4 Å². The Bertz CT molecular complexity index is 1180. The highest BCUT2D eigenvalue weighted by Gasteiger charge is 2.41. The second-order valence-corrected chi connectivity index (χ2v) is 10.3. The number of carbonyl (C=O) groups is 3. The first-order chi connectivity index (χ1) is 15.5. The van der Waals surface area contributed by atoms with Gasteiger partial charge in [0.05, 0.1) is 5.56 Å². The smallest absolute Gasteiger partial charge is 0.269 e. The molecule has 3 amide bonds. The molecule has 2 aromatic carbocycles. The number of nitrogens with one attached hydrogen (secondary N) is 1. The van der Waals surface area contributed by atoms with E-state index in [-0.39, 0.29) is 41.9 Å². The number of nitrogens with zero attached hydrogens (tertiary/aromatic N) is 2. The molecular weight excluding hydrogens is 466 g/mol. The number of rotatable bonds is 8. The summed E-state index contributed by atoms with van der Waals surface area (Å²) in [6.45, 7) is 4.96. The van der Waals surface area contributed by atoms with Crippen LogP contribution in [0.5, 0.6) is 0 Å². The Morgan fingerprint density at radius 2 is 1.70 bits per heavy atom. The molecule has 1 atom stereocenters. The molecule has 8 nitrogen and oxygen atoms in total. The molecule has 3 rings (SSSR count). The summed E-state index contributed by atoms with van der Waals surface area (Å²) in [4.78, 5) is 39.8. The summed E-state index contributed by atoms with van der Waals surface area (Å²) in [5.41, 5.74) is 0.733. The van der Waals surface area contributed by atoms with E-state index in [4.69, 9.17) is 11.6 Å². The molecule has 2 aromatic rings. The molecule has 0 saturated carbocycles. The summed E-state index contributed by atoms with van der Waals surface area (Å²) in [6, 6.07) is 11.9. The SMILES string of the molecule is CC(C)NC(=O)[C@@H](C)N(Cc1ccccc1Cl)C(=O)CCN1C(=O)c2ccccc2S1(=O)=O. The van der Waals surface area contributed by atoms with Crippen LogP contribution in [0.2, 0.25) is 5.02 Å². The Labute approximate surface area is 198 Å². The van der Waals surface area contributed by atoms with E-state index < -0.39 is 27.9 Å². The molecule has 0 radical (unpaired) electrons. The molecule has 1 aliphatic rings. The van der Waals surface area contributed by atoms with Crippen molar-refractivity contribution in [3.8, 4) is 0 Å². The van der Waals surface area contributed by atoms with Gasteiger partial charge in [-0.2, -0.15) is 0 Å². The molecule has 0 fully saturated rings. The molecule has 1 aliphatic heterocycles. The van der Waals surface area contributed by atoms with Crippen LogP contribution in [0.3, 0.4) is 0 Å². The fraction of sp³-hybridized carbons (Fsp3) is 0.348. The van der Waals surface area contributed by atoms with Crippen LogP contribution in [-0.4, -0.2) is 54.0 Å². The summed E-state index contributed by atoms with van der Waals surface area (Å²) in [5.74, 6) is -1.48. The third kappa shape index (κ3) is 5.20. The zero-order chi connectivity index (χ0) is 24.3. The van der Waals surface area contributed by atoms with Gasteiger partial charge in [0.25, 0.3) is 15.9 Å². The number of sulfonamides is 1. The van der Waals surface area contributed by atoms with Crippen molar-refractivity contribution in [1.82, 2.24) is 14.5 Å². The average Bonchev–Trinajstić information content (AvgIpc) is 2.96. The van der Waals surface area contributed by atoms with E-state index in [0.717, 1.165) is 0 Å². The fourth-order valence-electron chi connectivity index (χ4n) is 3.59. The van der Waals surface area contributed by atoms with E-state index in [2.05, 4.69) is 5.32 Å². The van der Waals surface area contributed by atoms with Crippen LogP contribution in [-0.2, 0) is 26.2 Å². The van der Waals surface area contributed by atoms with Crippen molar-refractivity contribution in [1.29, 1.82) is 0 Å². The Morgan fingerprint density at radius 1 is 1.06 bits per heavy atom. The number of fused-ring (bicyclic) bond motifs is 1. The highest BCUT2D eigenvalue weighted by atomic mass is 35.5. The zero-order valence-corrected chi connectivity index (χ0v) is 20.2. The Hall–Kier alpha value is -2.91. The minimum Gasteiger partial charge on any atom is -0.352 e. The minimum absolute atomic E-state index is 0.0616. The third-order valence-corrected chi connectivity index (χ3v) is 7.55. The summed E-state index contributed by atoms with van der Waals surface area (Å²) >= 11 is 6.26. The standard InChI is InChI=1S/C23H26ClN3O5S/c1-15(2)25-22(29)16(3)26(14-17-8-4-6-10-19(17)24)21(28)12-13-27-23(30)18-9-5-7-11-20(18)33(27,31)32/h4-11,15-16H,12-14H2,1-3H3,(H,25,29)/t16-/m1/s1. The first-order valence-corrected chi connectivity index (χ1v) is 12.3. The molecule has 0 saturated heterocycles. The molecule has 0 bridgehead atoms. The first kappa shape index (κ1) is 24.7. The van der Waals surface area contributed by atoms with E-state index in [0.29, 0.717) is 14.9 Å². The monoisotopic (exact) mass is 491 g/mol. The average molecular weight is 492 g/mol. The van der Waals surface area contributed by atoms with Gasteiger partial charge >= 0.3 is 0 Å². The van der Waals surface area contributed by atoms with Crippen molar-refractivity contribution in [3.05, 3.63) is 64.7 Å². The summed E-state index contributed by atoms with van der Waals surface area (Å²) in [7, 11) is -4.02. The fourth-order valence-corrected chi connectivity index (χ4v) is 5.36. The second-order valence-electron chi connectivity index (χ2n) is 8.08. The van der Waals surface area contributed by atoms with Crippen LogP contribution >= 0.6 is 11.6 Å². The number of halogens is 1. The topological polar surface area (TPSA) is 104 Å². The van der Waals surface area contributed by atoms with Crippen molar-refractivity contribution in [3.63, 3.8) is 0 Å². The molecule has 0 aromatic heterocycles. The largest absolute Gasteiger partial charge is 0.352 e. The number of amides is 3. The van der Waals surface area contributed by atoms with E-state index >= 15 is 0 Å². The molecule has 1 heterocycles. The lowest BCUT2D eigenvalue weighted by atomic mass is 10.1. The van der Waals surface area contributed by atoms with E-state index in [9.17, 15) is 22.8 Å². The molecule has 10 heteroatoms. The van der Waals surface area contributed by atoms with Crippen LogP contribution in [0.25, 0.3) is 0 Å². The summed E-state index contributed by atoms with van der Waals surface area (Å²) in [5, 5.41) is 3.23. The highest BCUT2D eigenvalue weighted by Crippen LogP contribution is 2.30. The number of hydrogen-bond acceptors (Lipinski definition) is 5. The van der Waals surface area contributed by atoms with Crippen LogP contribution < -0.4 is 5.32 Å². The van der Waals surface area contributed by atoms with Crippen LogP contribution in [0.1, 0.15) is 43.1 Å². The Morgan fingerprint density at radius 3 is 2.33 bits per heavy atom. The van der Waals surface area contributed by atoms with Crippen LogP contribution in [0.4, 0.5) is 0 Å². The van der Waals surface area contributed by atoms with Gasteiger partial charge < -0.3 is 10.2 Å². The summed E-state index contributed by atoms with van der Waals surface area (Å²) in [6.07, 6.45) is -0.275. The third-order valence-electron chi connectivity index (χ3n) is 5.34. The molecule has 1 N–H and O–H groups in total. The normalized spacial score (nSPS) is 15.3. The van der Waals surface area contributed by atoms with Gasteiger partial charge in [0.15, 0.2) is 0 Å². The number of benzene rings is 2. The molecule has 0 unspecified atom stereocenters. The molecule has 0 aliphatic carbocycles. The number of hydrogen-bond donors (Lipinski definition) is 1. The van der Waals surface area contributed by atoms with E-state index in [1.54, 1.807) is 43.3 Å². The minimum atomic E-state index is -4.02. The lowest BCUT2D eigenvalue weighted by Crippen LogP contribution is -2.49. The molecule has 0 spiro atoms. The predicted molar refractivity (Wildman–Crippen MR) is 124 cm³/mol. The second kappa shape index (κ2) is 9.93. The van der Waals surface area contributed by atoms with Gasteiger partial charge in [0.1, 0.15) is 10.9 Å². The predicted octanol–water partition coefficient (Wildman–Crippen LogP) is 2.82. The first-order valence-electron chi connectivity index (χ1n) is 10.5. The lowest BCUT2D eigenvalue weighted by molar-refractivity contribution is -0.140. The van der Waals surface area contributed by atoms with E-state index in [1.807, 2.05) is 13.8 Å². The van der Waals surface area contributed by atoms with Crippen molar-refractivity contribution in [2.24, 2.45) is 0 Å². The van der Waals surface area contributed by atoms with Gasteiger partial charge in [-0.1, -0.05) is 41.9 Å². The molecule has 176 valence electrons. The number of carbonyl (C=O) groups excluding carboxylic acids is 3. The summed E-state index contributed by atoms with van der Waals surface area (Å²) < 4.78 is 26.3. The maximum Gasteiger partial charge on any atom is 0.269 e. The van der Waals surface area contributed by atoms with Crippen molar-refractivity contribution in [2.45, 2.75) is 50.7 Å². The molecular formula is C23H26ClN3O5S. The zero-order valence-electron chi connectivity index (χ0n) is 18.6. The van der Waals surface area contributed by atoms with Crippen molar-refractivity contribution < 1.29 is 22.8 Å². The van der Waals surface area contributed by atoms with Gasteiger partial charge in [-0.05, 0) is 44.5 Å². The van der Waals surface area contributed by atoms with Crippen molar-refractivity contribution in [2.75, 3.05) is 6.54 Å². The van der Waals surface area contributed by atoms with Gasteiger partial charge in [-0.15, -0.1) is 0 Å². The molecule has 33 heavy (non-hydrogen) atoms. The van der Waals surface area contributed by atoms with Gasteiger partial charge in [-0.25, -0.2) is 12.7 Å². The maximum absolute atomic E-state index is 13.2. The Kier molecular flexibility index (Phi) is 7.44. The van der Waals surface area contributed by atoms with Crippen LogP contribution in [0, 0.1) is 0 Å². The lowest BCUT2D eigenvalue weighted by Gasteiger charge is -2.30. The van der Waals surface area contributed by atoms with E-state index in [1.165, 1.54) is 17.0 Å². The van der Waals surface area contributed by atoms with Gasteiger partial charge in [0.2, 0.25) is 11.8 Å². The Balaban J connectivity index is 1.81. The van der Waals surface area contributed by atoms with Gasteiger partial charge in [0, 0.05) is 30.6 Å². The van der Waals surface area contributed by atoms with Gasteiger partial charge in [-0.3, -0.25) is 14.4 Å². The quantitative estimate of drug-likeness (QED) is 0.611. The maximum atomic E-state index is 13.2. The van der Waals surface area contributed by atoms with Crippen molar-refractivity contribution >= 4 is 39.3 Å².